The summed E-state index contributed by atoms with van der Waals surface area (Å²) in [6.07, 6.45) is 3.58. The van der Waals surface area contributed by atoms with Crippen molar-refractivity contribution in [2.75, 3.05) is 6.61 Å². The summed E-state index contributed by atoms with van der Waals surface area (Å²) >= 11 is 0. The summed E-state index contributed by atoms with van der Waals surface area (Å²) in [5, 5.41) is 0. The molecule has 0 amide bonds. The van der Waals surface area contributed by atoms with Crippen LogP contribution in [0, 0.1) is 16.7 Å². The van der Waals surface area contributed by atoms with Crippen molar-refractivity contribution >= 4 is 0 Å². The lowest BCUT2D eigenvalue weighted by atomic mass is 9.55. The van der Waals surface area contributed by atoms with Crippen molar-refractivity contribution in [2.45, 2.75) is 92.6 Å². The molecule has 0 N–H and O–H groups in total. The zero-order valence-electron chi connectivity index (χ0n) is 21.8. The number of rotatable bonds is 5. The first-order valence-corrected chi connectivity index (χ1v) is 12.2. The third kappa shape index (κ3) is 6.30. The van der Waals surface area contributed by atoms with Crippen LogP contribution in [-0.2, 0) is 5.41 Å². The fourth-order valence-electron chi connectivity index (χ4n) is 5.54. The van der Waals surface area contributed by atoms with Gasteiger partial charge in [0, 0.05) is 5.41 Å². The maximum absolute atomic E-state index is 6.10. The van der Waals surface area contributed by atoms with E-state index < -0.39 is 0 Å². The van der Waals surface area contributed by atoms with Gasteiger partial charge in [-0.1, -0.05) is 65.8 Å². The SMILES string of the molecule is CC1CC(C)(C)CC(c2ccc(OCC(C)(C)C)cc2)(c2ccc(OC(C)(C)C)cc2)C1. The lowest BCUT2D eigenvalue weighted by molar-refractivity contribution is 0.125. The van der Waals surface area contributed by atoms with Crippen LogP contribution in [0.4, 0.5) is 0 Å². The van der Waals surface area contributed by atoms with Crippen molar-refractivity contribution in [2.24, 2.45) is 16.7 Å². The number of hydrogen-bond acceptors (Lipinski definition) is 2. The molecule has 2 atom stereocenters. The maximum Gasteiger partial charge on any atom is 0.120 e. The predicted molar refractivity (Wildman–Crippen MR) is 136 cm³/mol. The largest absolute Gasteiger partial charge is 0.493 e. The highest BCUT2D eigenvalue weighted by Gasteiger charge is 2.45. The second-order valence-electron chi connectivity index (χ2n) is 13.0. The van der Waals surface area contributed by atoms with Crippen molar-refractivity contribution < 1.29 is 9.47 Å². The fourth-order valence-corrected chi connectivity index (χ4v) is 5.54. The first kappa shape index (κ1) is 24.7. The fraction of sp³-hybridized carbons (Fsp3) is 0.600. The molecule has 176 valence electrons. The number of hydrogen-bond donors (Lipinski definition) is 0. The average Bonchev–Trinajstić information content (AvgIpc) is 2.64. The quantitative estimate of drug-likeness (QED) is 0.468. The second-order valence-corrected chi connectivity index (χ2v) is 13.0. The molecule has 1 saturated carbocycles. The lowest BCUT2D eigenvalue weighted by Gasteiger charge is -2.48. The summed E-state index contributed by atoms with van der Waals surface area (Å²) in [5.74, 6) is 2.56. The molecule has 0 saturated heterocycles. The molecule has 32 heavy (non-hydrogen) atoms. The van der Waals surface area contributed by atoms with Gasteiger partial charge in [0.05, 0.1) is 6.61 Å². The Labute approximate surface area is 196 Å². The minimum atomic E-state index is -0.191. The molecule has 2 unspecified atom stereocenters. The Hall–Kier alpha value is -1.96. The van der Waals surface area contributed by atoms with Crippen molar-refractivity contribution in [3.8, 4) is 11.5 Å². The topological polar surface area (TPSA) is 18.5 Å². The molecule has 0 aliphatic heterocycles. The van der Waals surface area contributed by atoms with Crippen LogP contribution >= 0.6 is 0 Å². The van der Waals surface area contributed by atoms with Gasteiger partial charge >= 0.3 is 0 Å². The molecule has 1 aliphatic carbocycles. The van der Waals surface area contributed by atoms with Crippen molar-refractivity contribution in [1.29, 1.82) is 0 Å². The molecule has 0 heterocycles. The van der Waals surface area contributed by atoms with E-state index in [-0.39, 0.29) is 16.4 Å². The van der Waals surface area contributed by atoms with Gasteiger partial charge in [0.15, 0.2) is 0 Å². The zero-order valence-corrected chi connectivity index (χ0v) is 21.8. The predicted octanol–water partition coefficient (Wildman–Crippen LogP) is 8.42. The zero-order chi connectivity index (χ0) is 23.8. The number of benzene rings is 2. The molecule has 1 aliphatic rings. The van der Waals surface area contributed by atoms with E-state index in [2.05, 4.69) is 111 Å². The Morgan fingerprint density at radius 2 is 1.28 bits per heavy atom. The van der Waals surface area contributed by atoms with E-state index in [0.717, 1.165) is 30.9 Å². The van der Waals surface area contributed by atoms with Gasteiger partial charge in [-0.15, -0.1) is 0 Å². The Kier molecular flexibility index (Phi) is 6.76. The normalized spacial score (nSPS) is 23.6. The first-order chi connectivity index (χ1) is 14.7. The first-order valence-electron chi connectivity index (χ1n) is 12.2. The highest BCUT2D eigenvalue weighted by Crippen LogP contribution is 2.53. The summed E-state index contributed by atoms with van der Waals surface area (Å²) in [6, 6.07) is 17.8. The maximum atomic E-state index is 6.10. The third-order valence-corrected chi connectivity index (χ3v) is 6.29. The highest BCUT2D eigenvalue weighted by atomic mass is 16.5. The van der Waals surface area contributed by atoms with Crippen LogP contribution in [0.15, 0.2) is 48.5 Å². The third-order valence-electron chi connectivity index (χ3n) is 6.29. The van der Waals surface area contributed by atoms with E-state index in [1.807, 2.05) is 0 Å². The molecule has 0 spiro atoms. The van der Waals surface area contributed by atoms with Crippen LogP contribution in [0.1, 0.15) is 92.7 Å². The highest BCUT2D eigenvalue weighted by molar-refractivity contribution is 5.44. The van der Waals surface area contributed by atoms with Crippen LogP contribution in [0.2, 0.25) is 0 Å². The molecule has 2 heteroatoms. The van der Waals surface area contributed by atoms with Crippen molar-refractivity contribution in [1.82, 2.24) is 0 Å². The van der Waals surface area contributed by atoms with Gasteiger partial charge in [0.2, 0.25) is 0 Å². The molecular weight excluding hydrogens is 392 g/mol. The molecule has 0 aromatic heterocycles. The van der Waals surface area contributed by atoms with E-state index in [4.69, 9.17) is 9.47 Å². The molecule has 0 bridgehead atoms. The molecule has 2 aromatic rings. The summed E-state index contributed by atoms with van der Waals surface area (Å²) in [6.45, 7) is 20.9. The Bertz CT molecular complexity index is 878. The van der Waals surface area contributed by atoms with E-state index in [9.17, 15) is 0 Å². The second kappa shape index (κ2) is 8.76. The van der Waals surface area contributed by atoms with Crippen LogP contribution in [0.25, 0.3) is 0 Å². The van der Waals surface area contributed by atoms with Crippen LogP contribution < -0.4 is 9.47 Å². The Balaban J connectivity index is 1.97. The minimum Gasteiger partial charge on any atom is -0.493 e. The van der Waals surface area contributed by atoms with E-state index >= 15 is 0 Å². The van der Waals surface area contributed by atoms with E-state index in [1.54, 1.807) is 0 Å². The Morgan fingerprint density at radius 1 is 0.781 bits per heavy atom. The summed E-state index contributed by atoms with van der Waals surface area (Å²) < 4.78 is 12.2. The van der Waals surface area contributed by atoms with Gasteiger partial charge in [-0.25, -0.2) is 0 Å². The average molecular weight is 437 g/mol. The molecule has 1 fully saturated rings. The standard InChI is InChI=1S/C30H44O2/c1-22-18-29(8,9)20-30(19-22,24-12-16-26(17-13-24)32-28(5,6)7)23-10-14-25(15-11-23)31-21-27(2,3)4/h10-17,22H,18-21H2,1-9H3. The molecule has 2 aromatic carbocycles. The summed E-state index contributed by atoms with van der Waals surface area (Å²) in [5.41, 5.74) is 3.04. The molecule has 2 nitrogen and oxygen atoms in total. The number of ether oxygens (including phenoxy) is 2. The van der Waals surface area contributed by atoms with Gasteiger partial charge in [-0.3, -0.25) is 0 Å². The van der Waals surface area contributed by atoms with Crippen molar-refractivity contribution in [3.63, 3.8) is 0 Å². The molecule has 0 radical (unpaired) electrons. The summed E-state index contributed by atoms with van der Waals surface area (Å²) in [4.78, 5) is 0. The van der Waals surface area contributed by atoms with Crippen LogP contribution in [-0.4, -0.2) is 12.2 Å². The van der Waals surface area contributed by atoms with Gasteiger partial charge in [-0.2, -0.15) is 0 Å². The van der Waals surface area contributed by atoms with E-state index in [1.165, 1.54) is 17.5 Å². The van der Waals surface area contributed by atoms with Crippen LogP contribution in [0.3, 0.4) is 0 Å². The van der Waals surface area contributed by atoms with Gasteiger partial charge in [0.1, 0.15) is 17.1 Å². The molecule has 3 rings (SSSR count). The van der Waals surface area contributed by atoms with Crippen molar-refractivity contribution in [3.05, 3.63) is 59.7 Å². The lowest BCUT2D eigenvalue weighted by Crippen LogP contribution is -2.41. The van der Waals surface area contributed by atoms with Crippen LogP contribution in [0.5, 0.6) is 11.5 Å². The van der Waals surface area contributed by atoms with Gasteiger partial charge in [0.25, 0.3) is 0 Å². The van der Waals surface area contributed by atoms with Gasteiger partial charge in [-0.05, 0) is 92.2 Å². The minimum absolute atomic E-state index is 0.00395. The Morgan fingerprint density at radius 3 is 1.72 bits per heavy atom. The van der Waals surface area contributed by atoms with Gasteiger partial charge < -0.3 is 9.47 Å². The smallest absolute Gasteiger partial charge is 0.120 e. The monoisotopic (exact) mass is 436 g/mol. The van der Waals surface area contributed by atoms with E-state index in [0.29, 0.717) is 11.3 Å². The summed E-state index contributed by atoms with van der Waals surface area (Å²) in [7, 11) is 0. The molecular formula is C30H44O2.